The lowest BCUT2D eigenvalue weighted by Crippen LogP contribution is -2.36. The molecule has 1 saturated carbocycles. The summed E-state index contributed by atoms with van der Waals surface area (Å²) in [5, 5.41) is 12.5. The maximum absolute atomic E-state index is 13.8. The molecule has 0 saturated heterocycles. The van der Waals surface area contributed by atoms with Crippen LogP contribution >= 0.6 is 23.8 Å². The van der Waals surface area contributed by atoms with Crippen LogP contribution in [0.1, 0.15) is 24.3 Å². The van der Waals surface area contributed by atoms with Gasteiger partial charge in [0, 0.05) is 22.3 Å². The first kappa shape index (κ1) is 18.8. The van der Waals surface area contributed by atoms with Crippen LogP contribution in [0, 0.1) is 12.7 Å². The van der Waals surface area contributed by atoms with Gasteiger partial charge in [0.05, 0.1) is 6.54 Å². The molecule has 4 rings (SSSR count). The third kappa shape index (κ3) is 4.31. The molecule has 0 unspecified atom stereocenters. The Labute approximate surface area is 172 Å². The molecule has 0 amide bonds. The van der Waals surface area contributed by atoms with E-state index in [-0.39, 0.29) is 5.82 Å². The van der Waals surface area contributed by atoms with Gasteiger partial charge in [0.25, 0.3) is 0 Å². The summed E-state index contributed by atoms with van der Waals surface area (Å²) in [5.74, 6) is 0.633. The lowest BCUT2D eigenvalue weighted by Gasteiger charge is -2.24. The smallest absolute Gasteiger partial charge is 0.247 e. The van der Waals surface area contributed by atoms with Gasteiger partial charge in [-0.1, -0.05) is 17.7 Å². The number of aryl methyl sites for hydroxylation is 1. The van der Waals surface area contributed by atoms with Crippen molar-refractivity contribution in [1.82, 2.24) is 15.1 Å². The predicted octanol–water partition coefficient (Wildman–Crippen LogP) is 5.20. The van der Waals surface area contributed by atoms with Gasteiger partial charge in [-0.15, -0.1) is 10.2 Å². The summed E-state index contributed by atoms with van der Waals surface area (Å²) in [6, 6.07) is 12.5. The van der Waals surface area contributed by atoms with Crippen LogP contribution in [0.15, 0.2) is 46.9 Å². The highest BCUT2D eigenvalue weighted by atomic mass is 35.5. The van der Waals surface area contributed by atoms with Gasteiger partial charge in [0.2, 0.25) is 11.8 Å². The Morgan fingerprint density at radius 3 is 2.68 bits per heavy atom. The Balaban J connectivity index is 1.47. The summed E-state index contributed by atoms with van der Waals surface area (Å²) < 4.78 is 19.6. The number of benzene rings is 2. The zero-order valence-corrected chi connectivity index (χ0v) is 16.7. The van der Waals surface area contributed by atoms with Crippen LogP contribution in [0.4, 0.5) is 10.1 Å². The summed E-state index contributed by atoms with van der Waals surface area (Å²) in [5.41, 5.74) is 2.01. The number of rotatable bonds is 5. The van der Waals surface area contributed by atoms with Crippen molar-refractivity contribution >= 4 is 34.6 Å². The standard InChI is InChI=1S/C20H18ClFN4OS/c1-12-2-7-15(10-17(12)22)23-20(28)26(16-8-9-16)11-18-24-25-19(27-18)13-3-5-14(21)6-4-13/h2-7,10,16H,8-9,11H2,1H3,(H,23,28). The highest BCUT2D eigenvalue weighted by molar-refractivity contribution is 7.80. The van der Waals surface area contributed by atoms with Crippen LogP contribution in [0.2, 0.25) is 5.02 Å². The number of nitrogens with zero attached hydrogens (tertiary/aromatic N) is 3. The minimum atomic E-state index is -0.268. The number of aromatic nitrogens is 2. The van der Waals surface area contributed by atoms with Gasteiger partial charge in [0.1, 0.15) is 5.82 Å². The lowest BCUT2D eigenvalue weighted by molar-refractivity contribution is 0.351. The first-order valence-electron chi connectivity index (χ1n) is 8.92. The summed E-state index contributed by atoms with van der Waals surface area (Å²) >= 11 is 11.5. The molecule has 0 bridgehead atoms. The van der Waals surface area contributed by atoms with Crippen molar-refractivity contribution < 1.29 is 8.81 Å². The van der Waals surface area contributed by atoms with E-state index in [9.17, 15) is 4.39 Å². The second kappa shape index (κ2) is 7.85. The third-order valence-electron chi connectivity index (χ3n) is 4.54. The van der Waals surface area contributed by atoms with Crippen molar-refractivity contribution in [2.24, 2.45) is 0 Å². The van der Waals surface area contributed by atoms with Crippen LogP contribution in [-0.4, -0.2) is 26.3 Å². The fourth-order valence-electron chi connectivity index (χ4n) is 2.79. The number of anilines is 1. The minimum absolute atomic E-state index is 0.268. The fourth-order valence-corrected chi connectivity index (χ4v) is 3.25. The number of halogens is 2. The predicted molar refractivity (Wildman–Crippen MR) is 111 cm³/mol. The Hall–Kier alpha value is -2.51. The van der Waals surface area contributed by atoms with Crippen molar-refractivity contribution in [2.75, 3.05) is 5.32 Å². The Morgan fingerprint density at radius 1 is 1.25 bits per heavy atom. The van der Waals surface area contributed by atoms with E-state index in [0.717, 1.165) is 18.4 Å². The van der Waals surface area contributed by atoms with E-state index < -0.39 is 0 Å². The molecule has 144 valence electrons. The zero-order valence-electron chi connectivity index (χ0n) is 15.2. The SMILES string of the molecule is Cc1ccc(NC(=S)N(Cc2nnc(-c3ccc(Cl)cc3)o2)C2CC2)cc1F. The Bertz CT molecular complexity index is 1000. The van der Waals surface area contributed by atoms with E-state index in [2.05, 4.69) is 15.5 Å². The first-order valence-corrected chi connectivity index (χ1v) is 9.70. The maximum Gasteiger partial charge on any atom is 0.247 e. The molecule has 8 heteroatoms. The Morgan fingerprint density at radius 2 is 2.00 bits per heavy atom. The average molecular weight is 417 g/mol. The van der Waals surface area contributed by atoms with E-state index in [1.54, 1.807) is 31.2 Å². The van der Waals surface area contributed by atoms with E-state index in [4.69, 9.17) is 28.2 Å². The van der Waals surface area contributed by atoms with Crippen molar-refractivity contribution in [3.8, 4) is 11.5 Å². The number of hydrogen-bond acceptors (Lipinski definition) is 4. The lowest BCUT2D eigenvalue weighted by atomic mass is 10.2. The van der Waals surface area contributed by atoms with Gasteiger partial charge in [-0.2, -0.15) is 0 Å². The molecule has 28 heavy (non-hydrogen) atoms. The highest BCUT2D eigenvalue weighted by Crippen LogP contribution is 2.30. The van der Waals surface area contributed by atoms with Crippen molar-refractivity contribution in [1.29, 1.82) is 0 Å². The van der Waals surface area contributed by atoms with Crippen LogP contribution in [0.3, 0.4) is 0 Å². The normalized spacial score (nSPS) is 13.4. The quantitative estimate of drug-likeness (QED) is 0.577. The van der Waals surface area contributed by atoms with Crippen LogP contribution in [0.5, 0.6) is 0 Å². The molecule has 1 heterocycles. The molecule has 5 nitrogen and oxygen atoms in total. The molecule has 1 aliphatic carbocycles. The molecule has 0 spiro atoms. The molecule has 1 aliphatic rings. The highest BCUT2D eigenvalue weighted by Gasteiger charge is 2.32. The molecular formula is C20H18ClFN4OS. The summed E-state index contributed by atoms with van der Waals surface area (Å²) in [6.07, 6.45) is 2.09. The second-order valence-electron chi connectivity index (χ2n) is 6.76. The summed E-state index contributed by atoms with van der Waals surface area (Å²) in [4.78, 5) is 2.01. The molecule has 1 aromatic heterocycles. The molecule has 1 fully saturated rings. The first-order chi connectivity index (χ1) is 13.5. The van der Waals surface area contributed by atoms with Gasteiger partial charge in [-0.3, -0.25) is 0 Å². The van der Waals surface area contributed by atoms with E-state index in [0.29, 0.717) is 45.8 Å². The minimum Gasteiger partial charge on any atom is -0.419 e. The number of thiocarbonyl (C=S) groups is 1. The average Bonchev–Trinajstić information content (AvgIpc) is 3.41. The van der Waals surface area contributed by atoms with Crippen LogP contribution < -0.4 is 5.32 Å². The van der Waals surface area contributed by atoms with E-state index in [1.165, 1.54) is 6.07 Å². The van der Waals surface area contributed by atoms with E-state index in [1.807, 2.05) is 17.0 Å². The molecule has 3 aromatic rings. The fraction of sp³-hybridized carbons (Fsp3) is 0.250. The zero-order chi connectivity index (χ0) is 19.7. The van der Waals surface area contributed by atoms with Crippen LogP contribution in [0.25, 0.3) is 11.5 Å². The van der Waals surface area contributed by atoms with E-state index >= 15 is 0 Å². The summed E-state index contributed by atoms with van der Waals surface area (Å²) in [6.45, 7) is 2.12. The monoisotopic (exact) mass is 416 g/mol. The van der Waals surface area contributed by atoms with Gasteiger partial charge in [-0.05, 0) is 73.9 Å². The molecule has 0 atom stereocenters. The molecular weight excluding hydrogens is 399 g/mol. The maximum atomic E-state index is 13.8. The number of nitrogens with one attached hydrogen (secondary N) is 1. The Kier molecular flexibility index (Phi) is 5.28. The van der Waals surface area contributed by atoms with Gasteiger partial charge < -0.3 is 14.6 Å². The third-order valence-corrected chi connectivity index (χ3v) is 5.12. The molecule has 0 radical (unpaired) electrons. The largest absolute Gasteiger partial charge is 0.419 e. The van der Waals surface area contributed by atoms with Gasteiger partial charge in [-0.25, -0.2) is 4.39 Å². The molecule has 0 aliphatic heterocycles. The topological polar surface area (TPSA) is 54.2 Å². The van der Waals surface area contributed by atoms with Crippen molar-refractivity contribution in [2.45, 2.75) is 32.4 Å². The molecule has 1 N–H and O–H groups in total. The number of hydrogen-bond donors (Lipinski definition) is 1. The summed E-state index contributed by atoms with van der Waals surface area (Å²) in [7, 11) is 0. The van der Waals surface area contributed by atoms with Crippen molar-refractivity contribution in [3.63, 3.8) is 0 Å². The van der Waals surface area contributed by atoms with Gasteiger partial charge in [0.15, 0.2) is 5.11 Å². The molecule has 2 aromatic carbocycles. The van der Waals surface area contributed by atoms with Crippen molar-refractivity contribution in [3.05, 3.63) is 64.8 Å². The van der Waals surface area contributed by atoms with Gasteiger partial charge >= 0.3 is 0 Å². The van der Waals surface area contributed by atoms with Crippen LogP contribution in [-0.2, 0) is 6.54 Å². The second-order valence-corrected chi connectivity index (χ2v) is 7.58.